The lowest BCUT2D eigenvalue weighted by molar-refractivity contribution is 0.101. The van der Waals surface area contributed by atoms with Gasteiger partial charge in [-0.1, -0.05) is 48.5 Å². The summed E-state index contributed by atoms with van der Waals surface area (Å²) in [5.41, 5.74) is 4.16. The molecule has 0 amide bonds. The Morgan fingerprint density at radius 3 is 2.29 bits per heavy atom. The van der Waals surface area contributed by atoms with Crippen molar-refractivity contribution >= 4 is 22.8 Å². The van der Waals surface area contributed by atoms with Crippen LogP contribution in [0.15, 0.2) is 82.6 Å². The molecule has 6 nitrogen and oxygen atoms in total. The third-order valence-electron chi connectivity index (χ3n) is 5.13. The van der Waals surface area contributed by atoms with Gasteiger partial charge >= 0.3 is 0 Å². The SMILES string of the molecule is CC(=O)c1ccc(-c2cccc(CCNc3c(Nc4ccncc4)c(=O)c3=O)c2)cc1. The van der Waals surface area contributed by atoms with E-state index >= 15 is 0 Å². The highest BCUT2D eigenvalue weighted by molar-refractivity contribution is 5.94. The molecule has 0 unspecified atom stereocenters. The van der Waals surface area contributed by atoms with Gasteiger partial charge in [-0.25, -0.2) is 0 Å². The van der Waals surface area contributed by atoms with Crippen molar-refractivity contribution in [2.75, 3.05) is 17.2 Å². The van der Waals surface area contributed by atoms with Crippen LogP contribution in [0.4, 0.5) is 17.1 Å². The van der Waals surface area contributed by atoms with Crippen molar-refractivity contribution < 1.29 is 4.79 Å². The Kier molecular flexibility index (Phi) is 5.71. The molecule has 0 bridgehead atoms. The highest BCUT2D eigenvalue weighted by Gasteiger charge is 2.20. The van der Waals surface area contributed by atoms with E-state index in [1.165, 1.54) is 0 Å². The van der Waals surface area contributed by atoms with E-state index in [2.05, 4.69) is 21.7 Å². The normalized spacial score (nSPS) is 10.7. The number of nitrogens with one attached hydrogen (secondary N) is 2. The van der Waals surface area contributed by atoms with Crippen molar-refractivity contribution in [2.45, 2.75) is 13.3 Å². The fourth-order valence-electron chi connectivity index (χ4n) is 3.39. The van der Waals surface area contributed by atoms with Gasteiger partial charge in [0.1, 0.15) is 11.4 Å². The summed E-state index contributed by atoms with van der Waals surface area (Å²) in [6.45, 7) is 2.07. The standard InChI is InChI=1S/C25H21N3O3/c1-16(29)18-5-7-19(8-6-18)20-4-2-3-17(15-20)9-14-27-22-23(25(31)24(22)30)28-21-10-12-26-13-11-21/h2-8,10-13,15,27H,9,14H2,1H3,(H,26,28). The second-order valence-corrected chi connectivity index (χ2v) is 7.28. The summed E-state index contributed by atoms with van der Waals surface area (Å²) < 4.78 is 0. The molecular formula is C25H21N3O3. The van der Waals surface area contributed by atoms with Gasteiger partial charge in [0.2, 0.25) is 0 Å². The first-order valence-corrected chi connectivity index (χ1v) is 9.97. The van der Waals surface area contributed by atoms with Crippen molar-refractivity contribution in [3.8, 4) is 11.1 Å². The Morgan fingerprint density at radius 2 is 1.58 bits per heavy atom. The predicted octanol–water partition coefficient (Wildman–Crippen LogP) is 3.95. The number of pyridine rings is 1. The lowest BCUT2D eigenvalue weighted by Gasteiger charge is -2.15. The van der Waals surface area contributed by atoms with Gasteiger partial charge in [0, 0.05) is 30.2 Å². The number of ketones is 1. The van der Waals surface area contributed by atoms with Crippen LogP contribution in [0, 0.1) is 0 Å². The summed E-state index contributed by atoms with van der Waals surface area (Å²) in [5.74, 6) is 0.0440. The second-order valence-electron chi connectivity index (χ2n) is 7.28. The molecule has 154 valence electrons. The van der Waals surface area contributed by atoms with Crippen LogP contribution in [0.25, 0.3) is 11.1 Å². The molecule has 0 saturated carbocycles. The number of hydrogen-bond donors (Lipinski definition) is 2. The van der Waals surface area contributed by atoms with E-state index in [0.717, 1.165) is 16.7 Å². The smallest absolute Gasteiger partial charge is 0.253 e. The van der Waals surface area contributed by atoms with Crippen LogP contribution in [0.3, 0.4) is 0 Å². The molecule has 6 heteroatoms. The number of anilines is 3. The third kappa shape index (κ3) is 4.43. The van der Waals surface area contributed by atoms with E-state index in [1.807, 2.05) is 42.5 Å². The van der Waals surface area contributed by atoms with Crippen LogP contribution in [-0.2, 0) is 6.42 Å². The molecule has 2 N–H and O–H groups in total. The molecule has 1 aromatic heterocycles. The van der Waals surface area contributed by atoms with Crippen LogP contribution < -0.4 is 21.5 Å². The molecule has 0 aliphatic carbocycles. The minimum Gasteiger partial charge on any atom is -0.380 e. The first-order chi connectivity index (χ1) is 15.0. The van der Waals surface area contributed by atoms with E-state index in [-0.39, 0.29) is 11.5 Å². The summed E-state index contributed by atoms with van der Waals surface area (Å²) in [6.07, 6.45) is 3.91. The fourth-order valence-corrected chi connectivity index (χ4v) is 3.39. The molecule has 0 spiro atoms. The highest BCUT2D eigenvalue weighted by atomic mass is 16.2. The number of hydrogen-bond acceptors (Lipinski definition) is 6. The average Bonchev–Trinajstić information content (AvgIpc) is 2.81. The van der Waals surface area contributed by atoms with Crippen LogP contribution in [0.1, 0.15) is 22.8 Å². The Labute approximate surface area is 179 Å². The monoisotopic (exact) mass is 411 g/mol. The first kappa shape index (κ1) is 20.2. The summed E-state index contributed by atoms with van der Waals surface area (Å²) >= 11 is 0. The van der Waals surface area contributed by atoms with E-state index in [1.54, 1.807) is 31.5 Å². The number of rotatable bonds is 8. The number of carbonyl (C=O) groups is 1. The van der Waals surface area contributed by atoms with Gasteiger partial charge in [0.25, 0.3) is 10.9 Å². The molecule has 4 rings (SSSR count). The zero-order chi connectivity index (χ0) is 21.8. The molecule has 0 saturated heterocycles. The molecule has 4 aromatic rings. The van der Waals surface area contributed by atoms with Gasteiger partial charge in [-0.3, -0.25) is 19.4 Å². The largest absolute Gasteiger partial charge is 0.380 e. The molecule has 3 aromatic carbocycles. The lowest BCUT2D eigenvalue weighted by Crippen LogP contribution is -2.37. The van der Waals surface area contributed by atoms with Crippen LogP contribution in [0.5, 0.6) is 0 Å². The Balaban J connectivity index is 1.41. The molecule has 0 aliphatic heterocycles. The van der Waals surface area contributed by atoms with Crippen LogP contribution >= 0.6 is 0 Å². The Hall–Kier alpha value is -4.06. The van der Waals surface area contributed by atoms with E-state index in [9.17, 15) is 14.4 Å². The molecule has 31 heavy (non-hydrogen) atoms. The fraction of sp³-hybridized carbons (Fsp3) is 0.120. The van der Waals surface area contributed by atoms with Gasteiger partial charge in [-0.05, 0) is 42.2 Å². The molecule has 1 heterocycles. The summed E-state index contributed by atoms with van der Waals surface area (Å²) in [5, 5.41) is 6.07. The minimum absolute atomic E-state index is 0.0440. The minimum atomic E-state index is -0.518. The predicted molar refractivity (Wildman–Crippen MR) is 123 cm³/mol. The van der Waals surface area contributed by atoms with Crippen molar-refractivity contribution in [1.82, 2.24) is 4.98 Å². The zero-order valence-corrected chi connectivity index (χ0v) is 17.0. The number of aromatic nitrogens is 1. The summed E-state index contributed by atoms with van der Waals surface area (Å²) in [4.78, 5) is 39.3. The first-order valence-electron chi connectivity index (χ1n) is 9.97. The van der Waals surface area contributed by atoms with Gasteiger partial charge in [0.05, 0.1) is 0 Å². The molecule has 0 radical (unpaired) electrons. The average molecular weight is 411 g/mol. The molecular weight excluding hydrogens is 390 g/mol. The summed E-state index contributed by atoms with van der Waals surface area (Å²) in [6, 6.07) is 19.1. The van der Waals surface area contributed by atoms with Crippen LogP contribution in [0.2, 0.25) is 0 Å². The van der Waals surface area contributed by atoms with Crippen molar-refractivity contribution in [2.24, 2.45) is 0 Å². The molecule has 0 aliphatic rings. The van der Waals surface area contributed by atoms with Crippen LogP contribution in [-0.4, -0.2) is 17.3 Å². The Bertz CT molecular complexity index is 1290. The molecule has 0 atom stereocenters. The van der Waals surface area contributed by atoms with Gasteiger partial charge in [0.15, 0.2) is 5.78 Å². The maximum Gasteiger partial charge on any atom is 0.253 e. The van der Waals surface area contributed by atoms with E-state index < -0.39 is 10.9 Å². The topological polar surface area (TPSA) is 88.2 Å². The second kappa shape index (κ2) is 8.75. The maximum atomic E-state index is 12.0. The Morgan fingerprint density at radius 1 is 0.871 bits per heavy atom. The maximum absolute atomic E-state index is 12.0. The molecule has 0 fully saturated rings. The third-order valence-corrected chi connectivity index (χ3v) is 5.13. The number of carbonyl (C=O) groups excluding carboxylic acids is 1. The summed E-state index contributed by atoms with van der Waals surface area (Å²) in [7, 11) is 0. The number of benzene rings is 2. The highest BCUT2D eigenvalue weighted by Crippen LogP contribution is 2.23. The van der Waals surface area contributed by atoms with Gasteiger partial charge in [-0.15, -0.1) is 0 Å². The van der Waals surface area contributed by atoms with E-state index in [0.29, 0.717) is 29.9 Å². The number of Topliss-reactive ketones (excluding diaryl/α,β-unsaturated/α-hetero) is 1. The van der Waals surface area contributed by atoms with Crippen molar-refractivity contribution in [3.05, 3.63) is 105 Å². The zero-order valence-electron chi connectivity index (χ0n) is 17.0. The van der Waals surface area contributed by atoms with Gasteiger partial charge < -0.3 is 10.6 Å². The van der Waals surface area contributed by atoms with Gasteiger partial charge in [-0.2, -0.15) is 0 Å². The van der Waals surface area contributed by atoms with Crippen molar-refractivity contribution in [1.29, 1.82) is 0 Å². The quantitative estimate of drug-likeness (QED) is 0.337. The number of nitrogens with zero attached hydrogens (tertiary/aromatic N) is 1. The van der Waals surface area contributed by atoms with Crippen molar-refractivity contribution in [3.63, 3.8) is 0 Å². The van der Waals surface area contributed by atoms with E-state index in [4.69, 9.17) is 0 Å². The lowest BCUT2D eigenvalue weighted by atomic mass is 10.00.